The van der Waals surface area contributed by atoms with Crippen molar-refractivity contribution in [2.24, 2.45) is 5.92 Å². The molecule has 1 aliphatic heterocycles. The van der Waals surface area contributed by atoms with Gasteiger partial charge in [-0.2, -0.15) is 4.98 Å². The number of carbonyl (C=O) groups is 2. The van der Waals surface area contributed by atoms with E-state index in [0.29, 0.717) is 18.1 Å². The summed E-state index contributed by atoms with van der Waals surface area (Å²) in [6, 6.07) is 11.1. The zero-order valence-electron chi connectivity index (χ0n) is 19.6. The normalized spacial score (nSPS) is 15.2. The number of aromatic nitrogens is 2. The van der Waals surface area contributed by atoms with Crippen molar-refractivity contribution in [2.75, 3.05) is 23.3 Å². The Balaban J connectivity index is 1.34. The third-order valence-corrected chi connectivity index (χ3v) is 7.04. The van der Waals surface area contributed by atoms with Gasteiger partial charge in [0, 0.05) is 37.3 Å². The number of aryl methyl sites for hydroxylation is 1. The Kier molecular flexibility index (Phi) is 7.95. The van der Waals surface area contributed by atoms with Crippen LogP contribution in [0.1, 0.15) is 45.4 Å². The van der Waals surface area contributed by atoms with E-state index in [0.717, 1.165) is 35.8 Å². The highest BCUT2D eigenvalue weighted by Crippen LogP contribution is 2.24. The van der Waals surface area contributed by atoms with Crippen molar-refractivity contribution in [2.45, 2.75) is 52.0 Å². The van der Waals surface area contributed by atoms with Gasteiger partial charge < -0.3 is 20.1 Å². The summed E-state index contributed by atoms with van der Waals surface area (Å²) in [4.78, 5) is 33.4. The number of thiophene rings is 1. The van der Waals surface area contributed by atoms with Crippen LogP contribution in [0.25, 0.3) is 10.7 Å². The van der Waals surface area contributed by atoms with Crippen molar-refractivity contribution in [3.05, 3.63) is 47.7 Å². The summed E-state index contributed by atoms with van der Waals surface area (Å²) in [5, 5.41) is 11.8. The lowest BCUT2D eigenvalue weighted by Crippen LogP contribution is -2.47. The van der Waals surface area contributed by atoms with Crippen LogP contribution in [0, 0.1) is 5.92 Å². The standard InChI is InChI=1S/C25H31N5O3S/c1-3-17(2)23(25(32)26-18-8-6-9-19(16-18)30-13-4-5-14-30)27-21(31)11-12-22-28-24(29-33-22)20-10-7-15-34-20/h6-10,15-17,23H,3-5,11-14H2,1-2H3,(H,26,32)(H,27,31)/t17-,23+/m0/s1. The quantitative estimate of drug-likeness (QED) is 0.442. The maximum Gasteiger partial charge on any atom is 0.247 e. The zero-order valence-corrected chi connectivity index (χ0v) is 20.4. The summed E-state index contributed by atoms with van der Waals surface area (Å²) in [5.74, 6) is 0.487. The van der Waals surface area contributed by atoms with Gasteiger partial charge in [0.15, 0.2) is 0 Å². The molecule has 9 heteroatoms. The Morgan fingerprint density at radius 1 is 1.21 bits per heavy atom. The third-order valence-electron chi connectivity index (χ3n) is 6.17. The monoisotopic (exact) mass is 481 g/mol. The number of hydrogen-bond acceptors (Lipinski definition) is 7. The van der Waals surface area contributed by atoms with E-state index < -0.39 is 6.04 Å². The highest BCUT2D eigenvalue weighted by atomic mass is 32.1. The van der Waals surface area contributed by atoms with Gasteiger partial charge in [0.2, 0.25) is 23.5 Å². The smallest absolute Gasteiger partial charge is 0.247 e. The number of amides is 2. The molecular weight excluding hydrogens is 450 g/mol. The van der Waals surface area contributed by atoms with E-state index in [2.05, 4.69) is 31.7 Å². The molecule has 2 aromatic heterocycles. The molecule has 0 bridgehead atoms. The minimum Gasteiger partial charge on any atom is -0.371 e. The van der Waals surface area contributed by atoms with E-state index in [4.69, 9.17) is 4.52 Å². The molecule has 4 rings (SSSR count). The molecule has 3 aromatic rings. The molecule has 2 amide bonds. The lowest BCUT2D eigenvalue weighted by Gasteiger charge is -2.24. The van der Waals surface area contributed by atoms with Gasteiger partial charge in [0.1, 0.15) is 6.04 Å². The number of hydrogen-bond donors (Lipinski definition) is 2. The van der Waals surface area contributed by atoms with Crippen molar-refractivity contribution in [3.63, 3.8) is 0 Å². The van der Waals surface area contributed by atoms with Crippen molar-refractivity contribution in [3.8, 4) is 10.7 Å². The second kappa shape index (κ2) is 11.3. The molecule has 2 atom stereocenters. The first kappa shape index (κ1) is 23.9. The van der Waals surface area contributed by atoms with E-state index in [1.165, 1.54) is 24.2 Å². The molecule has 3 heterocycles. The van der Waals surface area contributed by atoms with Crippen LogP contribution in [0.3, 0.4) is 0 Å². The lowest BCUT2D eigenvalue weighted by molar-refractivity contribution is -0.127. The highest BCUT2D eigenvalue weighted by molar-refractivity contribution is 7.13. The summed E-state index contributed by atoms with van der Waals surface area (Å²) in [6.45, 7) is 6.06. The minimum absolute atomic E-state index is 0.0143. The average Bonchev–Trinajstić information content (AvgIpc) is 3.63. The fourth-order valence-electron chi connectivity index (χ4n) is 4.01. The van der Waals surface area contributed by atoms with Crippen molar-refractivity contribution in [1.29, 1.82) is 0 Å². The van der Waals surface area contributed by atoms with Gasteiger partial charge in [-0.25, -0.2) is 0 Å². The van der Waals surface area contributed by atoms with Gasteiger partial charge >= 0.3 is 0 Å². The second-order valence-electron chi connectivity index (χ2n) is 8.65. The number of benzene rings is 1. The van der Waals surface area contributed by atoms with Crippen molar-refractivity contribution >= 4 is 34.5 Å². The van der Waals surface area contributed by atoms with Crippen LogP contribution < -0.4 is 15.5 Å². The summed E-state index contributed by atoms with van der Waals surface area (Å²) in [7, 11) is 0. The number of nitrogens with zero attached hydrogens (tertiary/aromatic N) is 3. The molecule has 34 heavy (non-hydrogen) atoms. The van der Waals surface area contributed by atoms with E-state index in [1.54, 1.807) is 0 Å². The van der Waals surface area contributed by atoms with Gasteiger partial charge in [0.25, 0.3) is 0 Å². The molecule has 0 spiro atoms. The fourth-order valence-corrected chi connectivity index (χ4v) is 4.66. The van der Waals surface area contributed by atoms with E-state index in [9.17, 15) is 9.59 Å². The van der Waals surface area contributed by atoms with Gasteiger partial charge in [-0.3, -0.25) is 9.59 Å². The predicted molar refractivity (Wildman–Crippen MR) is 134 cm³/mol. The number of nitrogens with one attached hydrogen (secondary N) is 2. The molecule has 0 unspecified atom stereocenters. The molecule has 2 N–H and O–H groups in total. The van der Waals surface area contributed by atoms with E-state index in [-0.39, 0.29) is 24.2 Å². The average molecular weight is 482 g/mol. The van der Waals surface area contributed by atoms with Crippen molar-refractivity contribution in [1.82, 2.24) is 15.5 Å². The van der Waals surface area contributed by atoms with Gasteiger partial charge in [-0.1, -0.05) is 37.6 Å². The van der Waals surface area contributed by atoms with Crippen molar-refractivity contribution < 1.29 is 14.1 Å². The molecule has 1 aliphatic rings. The molecular formula is C25H31N5O3S. The fraction of sp³-hybridized carbons (Fsp3) is 0.440. The molecule has 1 saturated heterocycles. The molecule has 180 valence electrons. The van der Waals surface area contributed by atoms with Crippen LogP contribution in [0.15, 0.2) is 46.3 Å². The van der Waals surface area contributed by atoms with Crippen LogP contribution in [0.5, 0.6) is 0 Å². The number of carbonyl (C=O) groups excluding carboxylic acids is 2. The second-order valence-corrected chi connectivity index (χ2v) is 9.60. The largest absolute Gasteiger partial charge is 0.371 e. The Morgan fingerprint density at radius 2 is 2.03 bits per heavy atom. The van der Waals surface area contributed by atoms with Crippen LogP contribution in [0.2, 0.25) is 0 Å². The first-order valence-electron chi connectivity index (χ1n) is 11.8. The van der Waals surface area contributed by atoms with E-state index >= 15 is 0 Å². The van der Waals surface area contributed by atoms with Gasteiger partial charge in [-0.05, 0) is 48.4 Å². The molecule has 0 saturated carbocycles. The van der Waals surface area contributed by atoms with Gasteiger partial charge in [-0.15, -0.1) is 11.3 Å². The van der Waals surface area contributed by atoms with Crippen LogP contribution in [-0.2, 0) is 16.0 Å². The summed E-state index contributed by atoms with van der Waals surface area (Å²) in [5.41, 5.74) is 1.85. The molecule has 0 radical (unpaired) electrons. The minimum atomic E-state index is -0.627. The maximum absolute atomic E-state index is 13.1. The Morgan fingerprint density at radius 3 is 2.76 bits per heavy atom. The summed E-state index contributed by atoms with van der Waals surface area (Å²) >= 11 is 1.53. The molecule has 1 fully saturated rings. The maximum atomic E-state index is 13.1. The van der Waals surface area contributed by atoms with Crippen LogP contribution >= 0.6 is 11.3 Å². The summed E-state index contributed by atoms with van der Waals surface area (Å²) < 4.78 is 5.27. The number of anilines is 2. The topological polar surface area (TPSA) is 100 Å². The number of rotatable bonds is 10. The lowest BCUT2D eigenvalue weighted by atomic mass is 9.98. The first-order chi connectivity index (χ1) is 16.5. The van der Waals surface area contributed by atoms with E-state index in [1.807, 2.05) is 49.6 Å². The van der Waals surface area contributed by atoms with Crippen LogP contribution in [-0.4, -0.2) is 41.1 Å². The molecule has 8 nitrogen and oxygen atoms in total. The predicted octanol–water partition coefficient (Wildman–Crippen LogP) is 4.50. The summed E-state index contributed by atoms with van der Waals surface area (Å²) in [6.07, 6.45) is 3.63. The Labute approximate surface area is 203 Å². The van der Waals surface area contributed by atoms with Crippen LogP contribution in [0.4, 0.5) is 11.4 Å². The molecule has 0 aliphatic carbocycles. The third kappa shape index (κ3) is 6.02. The Bertz CT molecular complexity index is 1090. The zero-order chi connectivity index (χ0) is 23.9. The Hall–Kier alpha value is -3.20. The van der Waals surface area contributed by atoms with Gasteiger partial charge in [0.05, 0.1) is 4.88 Å². The molecule has 1 aromatic carbocycles. The SMILES string of the molecule is CC[C@H](C)[C@@H](NC(=O)CCc1nc(-c2cccs2)no1)C(=O)Nc1cccc(N2CCCC2)c1. The first-order valence-corrected chi connectivity index (χ1v) is 12.7. The highest BCUT2D eigenvalue weighted by Gasteiger charge is 2.26.